The molecule has 1 aliphatic rings. The van der Waals surface area contributed by atoms with Crippen molar-refractivity contribution in [1.82, 2.24) is 5.32 Å². The monoisotopic (exact) mass is 326 g/mol. The summed E-state index contributed by atoms with van der Waals surface area (Å²) in [6.07, 6.45) is 0. The maximum atomic E-state index is 5.10. The fraction of sp³-hybridized carbons (Fsp3) is 0.174. The van der Waals surface area contributed by atoms with E-state index in [9.17, 15) is 0 Å². The van der Waals surface area contributed by atoms with E-state index in [1.807, 2.05) is 0 Å². The Morgan fingerprint density at radius 1 is 0.720 bits per heavy atom. The third kappa shape index (κ3) is 3.20. The largest absolute Gasteiger partial charge is 0.364 e. The van der Waals surface area contributed by atoms with Crippen molar-refractivity contribution in [3.05, 3.63) is 108 Å². The summed E-state index contributed by atoms with van der Waals surface area (Å²) in [5, 5.41) is 3.70. The maximum absolute atomic E-state index is 5.10. The lowest BCUT2D eigenvalue weighted by Gasteiger charge is -2.20. The first kappa shape index (κ1) is 15.6. The van der Waals surface area contributed by atoms with Crippen LogP contribution in [-0.4, -0.2) is 5.84 Å². The lowest BCUT2D eigenvalue weighted by Crippen LogP contribution is -2.27. The molecule has 1 N–H and O–H groups in total. The molecule has 0 aromatic heterocycles. The number of hydrogen-bond donors (Lipinski definition) is 1. The first-order valence-electron chi connectivity index (χ1n) is 8.82. The predicted molar refractivity (Wildman–Crippen MR) is 104 cm³/mol. The second-order valence-electron chi connectivity index (χ2n) is 6.53. The summed E-state index contributed by atoms with van der Waals surface area (Å²) in [6.45, 7) is 2.22. The number of nitrogens with zero attached hydrogens (tertiary/aromatic N) is 1. The highest BCUT2D eigenvalue weighted by Crippen LogP contribution is 2.38. The van der Waals surface area contributed by atoms with Crippen molar-refractivity contribution in [2.45, 2.75) is 24.9 Å². The molecule has 0 saturated carbocycles. The molecule has 3 atom stereocenters. The first-order valence-corrected chi connectivity index (χ1v) is 8.82. The predicted octanol–water partition coefficient (Wildman–Crippen LogP) is 5.27. The van der Waals surface area contributed by atoms with Crippen molar-refractivity contribution < 1.29 is 0 Å². The molecule has 2 heteroatoms. The molecule has 0 spiro atoms. The molecule has 0 aliphatic carbocycles. The Labute approximate surface area is 149 Å². The van der Waals surface area contributed by atoms with Crippen molar-refractivity contribution in [2.75, 3.05) is 0 Å². The fourth-order valence-electron chi connectivity index (χ4n) is 3.48. The third-order valence-corrected chi connectivity index (χ3v) is 4.91. The average Bonchev–Trinajstić information content (AvgIpc) is 3.15. The summed E-state index contributed by atoms with van der Waals surface area (Å²) < 4.78 is 0. The minimum atomic E-state index is 0.102. The molecule has 3 aromatic rings. The molecule has 3 aromatic carbocycles. The van der Waals surface area contributed by atoms with Crippen LogP contribution in [0.25, 0.3) is 0 Å². The van der Waals surface area contributed by atoms with Crippen molar-refractivity contribution >= 4 is 5.84 Å². The normalized spacial score (nSPS) is 20.6. The Balaban J connectivity index is 1.70. The van der Waals surface area contributed by atoms with E-state index in [0.29, 0.717) is 0 Å². The van der Waals surface area contributed by atoms with E-state index in [2.05, 4.69) is 103 Å². The van der Waals surface area contributed by atoms with Gasteiger partial charge in [-0.25, -0.2) is 0 Å². The second-order valence-corrected chi connectivity index (χ2v) is 6.53. The van der Waals surface area contributed by atoms with Gasteiger partial charge < -0.3 is 5.32 Å². The molecule has 1 heterocycles. The van der Waals surface area contributed by atoms with E-state index in [1.165, 1.54) is 16.7 Å². The summed E-state index contributed by atoms with van der Waals surface area (Å²) in [6, 6.07) is 32.0. The topological polar surface area (TPSA) is 24.4 Å². The summed E-state index contributed by atoms with van der Waals surface area (Å²) in [5.41, 5.74) is 3.81. The number of benzene rings is 3. The Kier molecular flexibility index (Phi) is 4.34. The quantitative estimate of drug-likeness (QED) is 0.693. The number of hydrogen-bond acceptors (Lipinski definition) is 2. The van der Waals surface area contributed by atoms with Crippen LogP contribution in [0, 0.1) is 0 Å². The van der Waals surface area contributed by atoms with Crippen LogP contribution in [0.15, 0.2) is 96.0 Å². The van der Waals surface area contributed by atoms with Crippen molar-refractivity contribution in [3.63, 3.8) is 0 Å². The van der Waals surface area contributed by atoms with Gasteiger partial charge in [0.1, 0.15) is 11.9 Å². The molecular formula is C23H22N2. The maximum Gasteiger partial charge on any atom is 0.105 e. The summed E-state index contributed by atoms with van der Waals surface area (Å²) >= 11 is 0. The average molecular weight is 326 g/mol. The van der Waals surface area contributed by atoms with Gasteiger partial charge in [0, 0.05) is 5.92 Å². The number of rotatable bonds is 4. The zero-order valence-electron chi connectivity index (χ0n) is 14.3. The lowest BCUT2D eigenvalue weighted by molar-refractivity contribution is 0.571. The molecule has 2 nitrogen and oxygen atoms in total. The van der Waals surface area contributed by atoms with Gasteiger partial charge in [-0.3, -0.25) is 4.99 Å². The summed E-state index contributed by atoms with van der Waals surface area (Å²) in [7, 11) is 0. The van der Waals surface area contributed by atoms with Gasteiger partial charge in [-0.15, -0.1) is 0 Å². The van der Waals surface area contributed by atoms with Gasteiger partial charge in [-0.05, 0) is 16.7 Å². The number of aliphatic imine (C=N–C) groups is 1. The molecule has 1 aliphatic heterocycles. The highest BCUT2D eigenvalue weighted by Gasteiger charge is 2.33. The molecule has 0 amide bonds. The van der Waals surface area contributed by atoms with Crippen LogP contribution >= 0.6 is 0 Å². The SMILES string of the molecule is C[C@H](C1=NC(c2ccccc2)C(c2ccccc2)N1)c1ccccc1. The Morgan fingerprint density at radius 2 is 1.24 bits per heavy atom. The minimum absolute atomic E-state index is 0.102. The van der Waals surface area contributed by atoms with E-state index in [-0.39, 0.29) is 18.0 Å². The molecule has 124 valence electrons. The first-order chi connectivity index (χ1) is 12.3. The van der Waals surface area contributed by atoms with Crippen LogP contribution in [0.2, 0.25) is 0 Å². The Hall–Kier alpha value is -2.87. The lowest BCUT2D eigenvalue weighted by atomic mass is 9.95. The van der Waals surface area contributed by atoms with E-state index in [0.717, 1.165) is 5.84 Å². The zero-order chi connectivity index (χ0) is 17.1. The van der Waals surface area contributed by atoms with E-state index in [4.69, 9.17) is 4.99 Å². The van der Waals surface area contributed by atoms with Gasteiger partial charge in [0.2, 0.25) is 0 Å². The molecule has 25 heavy (non-hydrogen) atoms. The molecule has 0 radical (unpaired) electrons. The highest BCUT2D eigenvalue weighted by molar-refractivity contribution is 5.91. The molecule has 2 unspecified atom stereocenters. The Bertz CT molecular complexity index is 841. The summed E-state index contributed by atoms with van der Waals surface area (Å²) in [5.74, 6) is 1.31. The molecule has 4 rings (SSSR count). The van der Waals surface area contributed by atoms with E-state index >= 15 is 0 Å². The van der Waals surface area contributed by atoms with Gasteiger partial charge in [0.15, 0.2) is 0 Å². The standard InChI is InChI=1S/C23H22N2/c1-17(18-11-5-2-6-12-18)23-24-21(19-13-7-3-8-14-19)22(25-23)20-15-9-4-10-16-20/h2-17,21-22H,1H3,(H,24,25)/t17-,21?,22?/m0/s1. The van der Waals surface area contributed by atoms with Crippen LogP contribution in [0.5, 0.6) is 0 Å². The van der Waals surface area contributed by atoms with Crippen molar-refractivity contribution in [3.8, 4) is 0 Å². The molecular weight excluding hydrogens is 304 g/mol. The summed E-state index contributed by atoms with van der Waals surface area (Å²) in [4.78, 5) is 5.10. The van der Waals surface area contributed by atoms with Crippen LogP contribution in [0.4, 0.5) is 0 Å². The van der Waals surface area contributed by atoms with Crippen LogP contribution < -0.4 is 5.32 Å². The second kappa shape index (κ2) is 6.94. The zero-order valence-corrected chi connectivity index (χ0v) is 14.3. The fourth-order valence-corrected chi connectivity index (χ4v) is 3.48. The van der Waals surface area contributed by atoms with E-state index < -0.39 is 0 Å². The van der Waals surface area contributed by atoms with E-state index in [1.54, 1.807) is 0 Å². The molecule has 0 saturated heterocycles. The highest BCUT2D eigenvalue weighted by atomic mass is 15.1. The van der Waals surface area contributed by atoms with Crippen molar-refractivity contribution in [1.29, 1.82) is 0 Å². The van der Waals surface area contributed by atoms with Gasteiger partial charge in [-0.1, -0.05) is 97.9 Å². The Morgan fingerprint density at radius 3 is 1.84 bits per heavy atom. The third-order valence-electron chi connectivity index (χ3n) is 4.91. The van der Waals surface area contributed by atoms with Crippen molar-refractivity contribution in [2.24, 2.45) is 4.99 Å². The van der Waals surface area contributed by atoms with Gasteiger partial charge in [-0.2, -0.15) is 0 Å². The number of amidine groups is 1. The molecule has 0 fully saturated rings. The van der Waals surface area contributed by atoms with Crippen LogP contribution in [0.3, 0.4) is 0 Å². The number of nitrogens with one attached hydrogen (secondary N) is 1. The van der Waals surface area contributed by atoms with Gasteiger partial charge in [0.25, 0.3) is 0 Å². The van der Waals surface area contributed by atoms with Crippen LogP contribution in [0.1, 0.15) is 41.6 Å². The minimum Gasteiger partial charge on any atom is -0.364 e. The molecule has 0 bridgehead atoms. The smallest absolute Gasteiger partial charge is 0.105 e. The van der Waals surface area contributed by atoms with Gasteiger partial charge in [0.05, 0.1) is 6.04 Å². The van der Waals surface area contributed by atoms with Gasteiger partial charge >= 0.3 is 0 Å². The van der Waals surface area contributed by atoms with Crippen LogP contribution in [-0.2, 0) is 0 Å².